The number of carbonyl (C=O) groups excluding carboxylic acids is 1. The van der Waals surface area contributed by atoms with E-state index in [1.54, 1.807) is 12.1 Å². The Morgan fingerprint density at radius 2 is 1.94 bits per heavy atom. The first kappa shape index (κ1) is 25.1. The molecular formula is C25H38N4O4S. The maximum atomic E-state index is 13.1. The van der Waals surface area contributed by atoms with E-state index < -0.39 is 10.0 Å². The first-order chi connectivity index (χ1) is 16.4. The van der Waals surface area contributed by atoms with Gasteiger partial charge in [-0.3, -0.25) is 4.79 Å². The molecule has 0 atom stereocenters. The van der Waals surface area contributed by atoms with Crippen LogP contribution in [0.25, 0.3) is 11.0 Å². The van der Waals surface area contributed by atoms with E-state index in [1.807, 2.05) is 11.0 Å². The molecule has 0 bridgehead atoms. The van der Waals surface area contributed by atoms with E-state index in [-0.39, 0.29) is 10.8 Å². The standard InChI is InChI=1S/C25H38N4O4S/c1-3-5-13-29-23-9-8-21(34(31,32)28-14-16-33-17-15-28)18-22(23)26-24(29)10-11-25(30)27(12-4-2)19-20-6-7-20/h8-9,18,20H,3-7,10-17,19H2,1-2H3. The molecule has 1 saturated heterocycles. The number of morpholine rings is 1. The summed E-state index contributed by atoms with van der Waals surface area (Å²) in [5.74, 6) is 1.73. The molecule has 34 heavy (non-hydrogen) atoms. The van der Waals surface area contributed by atoms with E-state index in [1.165, 1.54) is 17.1 Å². The molecule has 1 aliphatic heterocycles. The van der Waals surface area contributed by atoms with Gasteiger partial charge in [0.05, 0.1) is 29.1 Å². The van der Waals surface area contributed by atoms with Crippen LogP contribution in [-0.4, -0.2) is 72.5 Å². The maximum Gasteiger partial charge on any atom is 0.243 e. The summed E-state index contributed by atoms with van der Waals surface area (Å²) >= 11 is 0. The van der Waals surface area contributed by atoms with Gasteiger partial charge in [0, 0.05) is 45.6 Å². The van der Waals surface area contributed by atoms with Crippen LogP contribution in [-0.2, 0) is 32.5 Å². The smallest absolute Gasteiger partial charge is 0.243 e. The van der Waals surface area contributed by atoms with Gasteiger partial charge in [-0.1, -0.05) is 20.3 Å². The number of imidazole rings is 1. The molecule has 9 heteroatoms. The fourth-order valence-electron chi connectivity index (χ4n) is 4.59. The number of sulfonamides is 1. The predicted molar refractivity (Wildman–Crippen MR) is 132 cm³/mol. The fraction of sp³-hybridized carbons (Fsp3) is 0.680. The van der Waals surface area contributed by atoms with Crippen LogP contribution >= 0.6 is 0 Å². The minimum absolute atomic E-state index is 0.193. The van der Waals surface area contributed by atoms with Crippen LogP contribution in [0.15, 0.2) is 23.1 Å². The van der Waals surface area contributed by atoms with Gasteiger partial charge in [0.25, 0.3) is 0 Å². The lowest BCUT2D eigenvalue weighted by Crippen LogP contribution is -2.40. The third-order valence-electron chi connectivity index (χ3n) is 6.73. The second-order valence-electron chi connectivity index (χ2n) is 9.48. The number of hydrogen-bond donors (Lipinski definition) is 0. The summed E-state index contributed by atoms with van der Waals surface area (Å²) in [7, 11) is -3.58. The number of aryl methyl sites for hydroxylation is 2. The zero-order valence-electron chi connectivity index (χ0n) is 20.5. The number of fused-ring (bicyclic) bond motifs is 1. The summed E-state index contributed by atoms with van der Waals surface area (Å²) in [6.07, 6.45) is 6.48. The zero-order chi connectivity index (χ0) is 24.1. The number of benzene rings is 1. The van der Waals surface area contributed by atoms with Crippen LogP contribution in [0.2, 0.25) is 0 Å². The van der Waals surface area contributed by atoms with Gasteiger partial charge in [-0.25, -0.2) is 13.4 Å². The van der Waals surface area contributed by atoms with E-state index in [2.05, 4.69) is 18.4 Å². The largest absolute Gasteiger partial charge is 0.379 e. The van der Waals surface area contributed by atoms with E-state index in [9.17, 15) is 13.2 Å². The minimum atomic E-state index is -3.58. The van der Waals surface area contributed by atoms with Crippen molar-refractivity contribution < 1.29 is 17.9 Å². The molecule has 188 valence electrons. The average molecular weight is 491 g/mol. The molecule has 0 radical (unpaired) electrons. The highest BCUT2D eigenvalue weighted by Gasteiger charge is 2.28. The van der Waals surface area contributed by atoms with Gasteiger partial charge in [0.1, 0.15) is 5.82 Å². The van der Waals surface area contributed by atoms with Gasteiger partial charge in [0.15, 0.2) is 0 Å². The van der Waals surface area contributed by atoms with Crippen LogP contribution in [0.3, 0.4) is 0 Å². The van der Waals surface area contributed by atoms with Crippen molar-refractivity contribution in [1.82, 2.24) is 18.8 Å². The highest BCUT2D eigenvalue weighted by Crippen LogP contribution is 2.30. The van der Waals surface area contributed by atoms with Gasteiger partial charge in [0.2, 0.25) is 15.9 Å². The van der Waals surface area contributed by atoms with E-state index in [4.69, 9.17) is 9.72 Å². The Hall–Kier alpha value is -1.97. The first-order valence-corrected chi connectivity index (χ1v) is 14.2. The van der Waals surface area contributed by atoms with Crippen molar-refractivity contribution in [2.24, 2.45) is 5.92 Å². The van der Waals surface area contributed by atoms with Gasteiger partial charge in [-0.15, -0.1) is 0 Å². The SMILES string of the molecule is CCCCn1c(CCC(=O)N(CCC)CC2CC2)nc2cc(S(=O)(=O)N3CCOCC3)ccc21. The molecule has 1 amide bonds. The van der Waals surface area contributed by atoms with Crippen molar-refractivity contribution >= 4 is 27.0 Å². The highest BCUT2D eigenvalue weighted by atomic mass is 32.2. The Labute approximate surface area is 203 Å². The van der Waals surface area contributed by atoms with Crippen molar-refractivity contribution in [3.05, 3.63) is 24.0 Å². The van der Waals surface area contributed by atoms with Gasteiger partial charge < -0.3 is 14.2 Å². The van der Waals surface area contributed by atoms with Crippen LogP contribution in [0.1, 0.15) is 58.2 Å². The number of nitrogens with zero attached hydrogens (tertiary/aromatic N) is 4. The quantitative estimate of drug-likeness (QED) is 0.455. The molecule has 4 rings (SSSR count). The van der Waals surface area contributed by atoms with Crippen LogP contribution in [0.5, 0.6) is 0 Å². The Balaban J connectivity index is 1.56. The second-order valence-corrected chi connectivity index (χ2v) is 11.4. The van der Waals surface area contributed by atoms with Gasteiger partial charge in [-0.2, -0.15) is 4.31 Å². The van der Waals surface area contributed by atoms with Gasteiger partial charge >= 0.3 is 0 Å². The molecule has 0 spiro atoms. The Kier molecular flexibility index (Phi) is 8.26. The van der Waals surface area contributed by atoms with E-state index in [0.717, 1.165) is 50.2 Å². The molecular weight excluding hydrogens is 452 g/mol. The lowest BCUT2D eigenvalue weighted by molar-refractivity contribution is -0.131. The molecule has 2 heterocycles. The van der Waals surface area contributed by atoms with Crippen LogP contribution in [0, 0.1) is 5.92 Å². The van der Waals surface area contributed by atoms with Crippen molar-refractivity contribution in [2.75, 3.05) is 39.4 Å². The number of amides is 1. The summed E-state index contributed by atoms with van der Waals surface area (Å²) in [6.45, 7) is 8.33. The number of hydrogen-bond acceptors (Lipinski definition) is 5. The molecule has 8 nitrogen and oxygen atoms in total. The first-order valence-electron chi connectivity index (χ1n) is 12.8. The predicted octanol–water partition coefficient (Wildman–Crippen LogP) is 3.44. The van der Waals surface area contributed by atoms with E-state index in [0.29, 0.717) is 50.6 Å². The van der Waals surface area contributed by atoms with Crippen LogP contribution < -0.4 is 0 Å². The Morgan fingerprint density at radius 3 is 2.62 bits per heavy atom. The van der Waals surface area contributed by atoms with Gasteiger partial charge in [-0.05, 0) is 49.8 Å². The molecule has 0 unspecified atom stereocenters. The number of carbonyl (C=O) groups is 1. The number of ether oxygens (including phenoxy) is 1. The monoisotopic (exact) mass is 490 g/mol. The number of aromatic nitrogens is 2. The maximum absolute atomic E-state index is 13.1. The fourth-order valence-corrected chi connectivity index (χ4v) is 6.02. The summed E-state index contributed by atoms with van der Waals surface area (Å²) in [4.78, 5) is 20.1. The molecule has 2 aromatic rings. The lowest BCUT2D eigenvalue weighted by atomic mass is 10.2. The molecule has 0 N–H and O–H groups in total. The number of unbranched alkanes of at least 4 members (excludes halogenated alkanes) is 1. The average Bonchev–Trinajstić information content (AvgIpc) is 3.60. The van der Waals surface area contributed by atoms with Crippen molar-refractivity contribution in [1.29, 1.82) is 0 Å². The summed E-state index contributed by atoms with van der Waals surface area (Å²) < 4.78 is 35.2. The Bertz CT molecular complexity index is 1090. The minimum Gasteiger partial charge on any atom is -0.379 e. The highest BCUT2D eigenvalue weighted by molar-refractivity contribution is 7.89. The summed E-state index contributed by atoms with van der Waals surface area (Å²) in [6, 6.07) is 5.24. The lowest BCUT2D eigenvalue weighted by Gasteiger charge is -2.26. The second kappa shape index (κ2) is 11.2. The third-order valence-corrected chi connectivity index (χ3v) is 8.62. The molecule has 1 aromatic heterocycles. The van der Waals surface area contributed by atoms with Crippen molar-refractivity contribution in [2.45, 2.75) is 70.2 Å². The van der Waals surface area contributed by atoms with E-state index >= 15 is 0 Å². The topological polar surface area (TPSA) is 84.7 Å². The van der Waals surface area contributed by atoms with Crippen molar-refractivity contribution in [3.8, 4) is 0 Å². The number of rotatable bonds is 12. The Morgan fingerprint density at radius 1 is 1.18 bits per heavy atom. The molecule has 1 saturated carbocycles. The molecule has 1 aliphatic carbocycles. The molecule has 2 fully saturated rings. The van der Waals surface area contributed by atoms with Crippen LogP contribution in [0.4, 0.5) is 0 Å². The normalized spacial score (nSPS) is 17.4. The molecule has 2 aliphatic rings. The summed E-state index contributed by atoms with van der Waals surface area (Å²) in [5, 5.41) is 0. The molecule has 1 aromatic carbocycles. The third kappa shape index (κ3) is 5.80. The zero-order valence-corrected chi connectivity index (χ0v) is 21.4. The van der Waals surface area contributed by atoms with Crippen molar-refractivity contribution in [3.63, 3.8) is 0 Å². The summed E-state index contributed by atoms with van der Waals surface area (Å²) in [5.41, 5.74) is 1.61.